The van der Waals surface area contributed by atoms with E-state index in [4.69, 9.17) is 19.3 Å². The lowest BCUT2D eigenvalue weighted by Gasteiger charge is -2.32. The van der Waals surface area contributed by atoms with E-state index in [2.05, 4.69) is 105 Å². The summed E-state index contributed by atoms with van der Waals surface area (Å²) >= 11 is 0. The number of nitrogens with zero attached hydrogens (tertiary/aromatic N) is 3. The van der Waals surface area contributed by atoms with E-state index >= 15 is 0 Å². The number of allylic oxidation sites excluding steroid dienone is 2. The topological polar surface area (TPSA) is 47.5 Å². The van der Waals surface area contributed by atoms with Crippen molar-refractivity contribution in [1.82, 2.24) is 9.97 Å². The van der Waals surface area contributed by atoms with Crippen molar-refractivity contribution < 1.29 is 9.31 Å². The minimum atomic E-state index is -0.412. The number of benzene rings is 3. The van der Waals surface area contributed by atoms with E-state index in [9.17, 15) is 0 Å². The normalized spacial score (nSPS) is 22.9. The summed E-state index contributed by atoms with van der Waals surface area (Å²) in [4.78, 5) is 12.5. The fraction of sp³-hybridized carbons (Fsp3) is 0.250. The molecular formula is C32H30BN3O2. The van der Waals surface area contributed by atoms with Gasteiger partial charge in [0.05, 0.1) is 22.8 Å². The largest absolute Gasteiger partial charge is 0.494 e. The van der Waals surface area contributed by atoms with Crippen LogP contribution in [0.2, 0.25) is 0 Å². The van der Waals surface area contributed by atoms with Crippen molar-refractivity contribution >= 4 is 29.5 Å². The zero-order chi connectivity index (χ0) is 26.1. The van der Waals surface area contributed by atoms with Crippen molar-refractivity contribution in [1.29, 1.82) is 0 Å². The maximum atomic E-state index is 6.43. The summed E-state index contributed by atoms with van der Waals surface area (Å²) in [6, 6.07) is 27.2. The van der Waals surface area contributed by atoms with Crippen LogP contribution in [0.1, 0.15) is 39.2 Å². The molecule has 2 unspecified atom stereocenters. The number of aromatic nitrogens is 2. The average molecular weight is 499 g/mol. The molecule has 5 nitrogen and oxygen atoms in total. The monoisotopic (exact) mass is 499 g/mol. The molecule has 3 aromatic carbocycles. The van der Waals surface area contributed by atoms with Gasteiger partial charge in [-0.15, -0.1) is 0 Å². The molecule has 6 heteroatoms. The van der Waals surface area contributed by atoms with Crippen molar-refractivity contribution in [2.75, 3.05) is 4.90 Å². The first-order valence-corrected chi connectivity index (χ1v) is 13.3. The fourth-order valence-corrected chi connectivity index (χ4v) is 5.71. The molecule has 0 N–H and O–H groups in total. The van der Waals surface area contributed by atoms with Crippen LogP contribution in [0.15, 0.2) is 103 Å². The van der Waals surface area contributed by atoms with Gasteiger partial charge in [-0.05, 0) is 56.9 Å². The van der Waals surface area contributed by atoms with E-state index in [0.717, 1.165) is 33.6 Å². The number of hydrogen-bond donors (Lipinski definition) is 0. The second-order valence-electron chi connectivity index (χ2n) is 11.3. The van der Waals surface area contributed by atoms with Gasteiger partial charge in [-0.25, -0.2) is 9.97 Å². The molecule has 0 amide bonds. The molecule has 0 radical (unpaired) electrons. The summed E-state index contributed by atoms with van der Waals surface area (Å²) in [5.74, 6) is 1.84. The van der Waals surface area contributed by atoms with Crippen LogP contribution >= 0.6 is 0 Å². The first-order valence-electron chi connectivity index (χ1n) is 13.3. The van der Waals surface area contributed by atoms with Crippen molar-refractivity contribution in [3.8, 4) is 11.4 Å². The quantitative estimate of drug-likeness (QED) is 0.283. The van der Waals surface area contributed by atoms with Crippen LogP contribution in [0.5, 0.6) is 0 Å². The van der Waals surface area contributed by atoms with Gasteiger partial charge in [-0.1, -0.05) is 78.9 Å². The highest BCUT2D eigenvalue weighted by Crippen LogP contribution is 2.50. The second-order valence-corrected chi connectivity index (χ2v) is 11.3. The lowest BCUT2D eigenvalue weighted by molar-refractivity contribution is 0.00578. The highest BCUT2D eigenvalue weighted by atomic mass is 16.7. The van der Waals surface area contributed by atoms with Crippen molar-refractivity contribution in [2.45, 2.75) is 50.9 Å². The second kappa shape index (κ2) is 8.38. The molecule has 2 atom stereocenters. The Balaban J connectivity index is 1.39. The molecule has 7 rings (SSSR count). The van der Waals surface area contributed by atoms with Crippen molar-refractivity contribution in [2.24, 2.45) is 0 Å². The summed E-state index contributed by atoms with van der Waals surface area (Å²) in [6.45, 7) is 8.38. The Morgan fingerprint density at radius 3 is 2.26 bits per heavy atom. The summed E-state index contributed by atoms with van der Waals surface area (Å²) in [5.41, 5.74) is 4.65. The molecule has 4 aromatic rings. The zero-order valence-corrected chi connectivity index (χ0v) is 22.1. The molecule has 1 aromatic heterocycles. The van der Waals surface area contributed by atoms with Gasteiger partial charge < -0.3 is 14.2 Å². The Hall–Kier alpha value is -3.74. The van der Waals surface area contributed by atoms with Crippen molar-refractivity contribution in [3.05, 3.63) is 108 Å². The molecular weight excluding hydrogens is 469 g/mol. The number of hydrogen-bond acceptors (Lipinski definition) is 5. The van der Waals surface area contributed by atoms with E-state index < -0.39 is 18.3 Å². The van der Waals surface area contributed by atoms with Gasteiger partial charge in [0.2, 0.25) is 0 Å². The van der Waals surface area contributed by atoms with E-state index in [1.165, 1.54) is 11.3 Å². The number of fused-ring (bicyclic) bond motifs is 4. The lowest BCUT2D eigenvalue weighted by atomic mass is 9.72. The van der Waals surface area contributed by atoms with Crippen LogP contribution in [-0.4, -0.2) is 34.3 Å². The lowest BCUT2D eigenvalue weighted by Crippen LogP contribution is -2.41. The van der Waals surface area contributed by atoms with Gasteiger partial charge in [0.25, 0.3) is 0 Å². The van der Waals surface area contributed by atoms with Gasteiger partial charge in [0, 0.05) is 22.6 Å². The SMILES string of the molecule is CC1(C)OB(C2=CC3C(C=C2)c2ccccc2N3c2nc(-c3ccccc3)nc3ccccc23)OC1(C)C. The van der Waals surface area contributed by atoms with Crippen molar-refractivity contribution in [3.63, 3.8) is 0 Å². The zero-order valence-electron chi connectivity index (χ0n) is 22.1. The average Bonchev–Trinajstić information content (AvgIpc) is 3.37. The maximum absolute atomic E-state index is 6.43. The molecule has 0 spiro atoms. The standard InChI is InChI=1S/C32H30BN3O2/c1-31(2)32(3,4)38-33(37-31)22-18-19-24-23-14-9-11-17-27(23)36(28(24)20-22)30-25-15-8-10-16-26(25)34-29(35-30)21-12-6-5-7-13-21/h5-20,24,28H,1-4H3. The summed E-state index contributed by atoms with van der Waals surface area (Å²) < 4.78 is 12.9. The van der Waals surface area contributed by atoms with Gasteiger partial charge in [-0.2, -0.15) is 0 Å². The molecule has 0 saturated carbocycles. The van der Waals surface area contributed by atoms with E-state index in [1.54, 1.807) is 0 Å². The van der Waals surface area contributed by atoms with E-state index in [0.29, 0.717) is 0 Å². The Labute approximate surface area is 224 Å². The number of rotatable bonds is 3. The van der Waals surface area contributed by atoms with Gasteiger partial charge >= 0.3 is 7.12 Å². The highest BCUT2D eigenvalue weighted by Gasteiger charge is 2.53. The molecule has 3 heterocycles. The molecule has 2 aliphatic heterocycles. The molecule has 0 bridgehead atoms. The first kappa shape index (κ1) is 23.4. The Bertz CT molecular complexity index is 1600. The molecule has 38 heavy (non-hydrogen) atoms. The Morgan fingerprint density at radius 1 is 0.789 bits per heavy atom. The minimum Gasteiger partial charge on any atom is -0.399 e. The molecule has 3 aliphatic rings. The summed E-state index contributed by atoms with van der Waals surface area (Å²) in [5, 5.41) is 1.03. The Kier molecular flexibility index (Phi) is 5.16. The Morgan fingerprint density at radius 2 is 1.47 bits per heavy atom. The molecule has 188 valence electrons. The highest BCUT2D eigenvalue weighted by molar-refractivity contribution is 6.55. The fourth-order valence-electron chi connectivity index (χ4n) is 5.71. The molecule has 1 aliphatic carbocycles. The smallest absolute Gasteiger partial charge is 0.399 e. The third-order valence-corrected chi connectivity index (χ3v) is 8.45. The van der Waals surface area contributed by atoms with Crippen LogP contribution in [0, 0.1) is 0 Å². The van der Waals surface area contributed by atoms with E-state index in [-0.39, 0.29) is 12.0 Å². The third-order valence-electron chi connectivity index (χ3n) is 8.45. The third kappa shape index (κ3) is 3.55. The van der Waals surface area contributed by atoms with Gasteiger partial charge in [0.1, 0.15) is 5.82 Å². The molecule has 1 fully saturated rings. The van der Waals surface area contributed by atoms with Gasteiger partial charge in [0.15, 0.2) is 5.82 Å². The predicted octanol–water partition coefficient (Wildman–Crippen LogP) is 7.03. The summed E-state index contributed by atoms with van der Waals surface area (Å²) in [7, 11) is -0.412. The molecule has 1 saturated heterocycles. The van der Waals surface area contributed by atoms with Crippen LogP contribution in [0.25, 0.3) is 22.3 Å². The number of anilines is 2. The van der Waals surface area contributed by atoms with Crippen LogP contribution in [0.3, 0.4) is 0 Å². The van der Waals surface area contributed by atoms with Crippen LogP contribution < -0.4 is 4.90 Å². The van der Waals surface area contributed by atoms with Gasteiger partial charge in [-0.3, -0.25) is 0 Å². The first-order chi connectivity index (χ1) is 18.3. The predicted molar refractivity (Wildman–Crippen MR) is 153 cm³/mol. The maximum Gasteiger partial charge on any atom is 0.494 e. The number of para-hydroxylation sites is 2. The summed E-state index contributed by atoms with van der Waals surface area (Å²) in [6.07, 6.45) is 6.79. The minimum absolute atomic E-state index is 0.0355. The van der Waals surface area contributed by atoms with Crippen LogP contribution in [0.4, 0.5) is 11.5 Å². The van der Waals surface area contributed by atoms with Crippen LogP contribution in [-0.2, 0) is 9.31 Å². The van der Waals surface area contributed by atoms with E-state index in [1.807, 2.05) is 24.3 Å².